The second-order valence-electron chi connectivity index (χ2n) is 5.45. The molecule has 0 spiro atoms. The number of nitrogens with two attached hydrogens (primary N) is 1. The molecule has 2 rings (SSSR count). The van der Waals surface area contributed by atoms with Crippen LogP contribution in [0.2, 0.25) is 0 Å². The molecule has 0 unspecified atom stereocenters. The molecule has 1 aromatic carbocycles. The Morgan fingerprint density at radius 1 is 1.22 bits per heavy atom. The monoisotopic (exact) mass is 445 g/mol. The van der Waals surface area contributed by atoms with Crippen LogP contribution in [0.3, 0.4) is 0 Å². The number of benzene rings is 1. The lowest BCUT2D eigenvalue weighted by Crippen LogP contribution is -2.44. The van der Waals surface area contributed by atoms with Gasteiger partial charge in [-0.2, -0.15) is 13.2 Å². The predicted molar refractivity (Wildman–Crippen MR) is 94.2 cm³/mol. The van der Waals surface area contributed by atoms with Gasteiger partial charge in [0.05, 0.1) is 5.56 Å². The Morgan fingerprint density at radius 3 is 2.33 bits per heavy atom. The third-order valence-corrected chi connectivity index (χ3v) is 4.08. The second-order valence-corrected chi connectivity index (χ2v) is 6.20. The number of nitrogens with one attached hydrogen (secondary N) is 1. The standard InChI is InChI=1S/C17H15BrF3N3O3/c1-2-11(15(22)25)24-16(26)12-7-8-13(14(18)23-12)27-10-5-3-9(4-6-10)17(19,20)21/h3-8,11H,2H2,1H3,(H2,22,25)(H,24,26)/t11-/m1/s1. The molecule has 0 bridgehead atoms. The number of rotatable bonds is 6. The number of primary amides is 1. The molecule has 0 aliphatic heterocycles. The van der Waals surface area contributed by atoms with Gasteiger partial charge in [-0.25, -0.2) is 4.98 Å². The number of ether oxygens (including phenoxy) is 1. The van der Waals surface area contributed by atoms with Gasteiger partial charge in [-0.05, 0) is 58.7 Å². The second kappa shape index (κ2) is 8.38. The molecule has 0 aliphatic rings. The largest absolute Gasteiger partial charge is 0.455 e. The van der Waals surface area contributed by atoms with E-state index in [4.69, 9.17) is 10.5 Å². The first-order valence-corrected chi connectivity index (χ1v) is 8.53. The number of carbonyl (C=O) groups is 2. The van der Waals surface area contributed by atoms with Crippen molar-refractivity contribution < 1.29 is 27.5 Å². The number of aromatic nitrogens is 1. The summed E-state index contributed by atoms with van der Waals surface area (Å²) in [6.45, 7) is 1.69. The summed E-state index contributed by atoms with van der Waals surface area (Å²) in [6.07, 6.45) is -4.10. The fourth-order valence-electron chi connectivity index (χ4n) is 2.07. The molecule has 0 saturated heterocycles. The lowest BCUT2D eigenvalue weighted by molar-refractivity contribution is -0.137. The van der Waals surface area contributed by atoms with Crippen LogP contribution < -0.4 is 15.8 Å². The first kappa shape index (κ1) is 20.7. The minimum absolute atomic E-state index is 0.0151. The molecule has 1 aromatic heterocycles. The summed E-state index contributed by atoms with van der Waals surface area (Å²) in [5.41, 5.74) is 4.40. The average Bonchev–Trinajstić information content (AvgIpc) is 2.60. The molecular weight excluding hydrogens is 431 g/mol. The van der Waals surface area contributed by atoms with Crippen LogP contribution in [0, 0.1) is 0 Å². The van der Waals surface area contributed by atoms with Crippen LogP contribution in [0.25, 0.3) is 0 Å². The maximum absolute atomic E-state index is 12.6. The van der Waals surface area contributed by atoms with Gasteiger partial charge in [0, 0.05) is 0 Å². The average molecular weight is 446 g/mol. The molecule has 2 aromatic rings. The predicted octanol–water partition coefficient (Wildman–Crippen LogP) is 3.65. The van der Waals surface area contributed by atoms with E-state index in [2.05, 4.69) is 26.2 Å². The summed E-state index contributed by atoms with van der Waals surface area (Å²) >= 11 is 3.14. The minimum atomic E-state index is -4.43. The number of amides is 2. The van der Waals surface area contributed by atoms with Crippen molar-refractivity contribution in [1.82, 2.24) is 10.3 Å². The Labute approximate surface area is 161 Å². The highest BCUT2D eigenvalue weighted by Gasteiger charge is 2.30. The third-order valence-electron chi connectivity index (χ3n) is 3.51. The Balaban J connectivity index is 2.12. The molecule has 0 saturated carbocycles. The van der Waals surface area contributed by atoms with E-state index in [0.717, 1.165) is 12.1 Å². The van der Waals surface area contributed by atoms with Crippen LogP contribution in [0.5, 0.6) is 11.5 Å². The summed E-state index contributed by atoms with van der Waals surface area (Å²) in [5.74, 6) is -0.884. The number of nitrogens with zero attached hydrogens (tertiary/aromatic N) is 1. The van der Waals surface area contributed by atoms with Crippen LogP contribution in [-0.4, -0.2) is 22.8 Å². The fourth-order valence-corrected chi connectivity index (χ4v) is 2.47. The van der Waals surface area contributed by atoms with Crippen LogP contribution >= 0.6 is 15.9 Å². The van der Waals surface area contributed by atoms with E-state index in [1.807, 2.05) is 0 Å². The number of hydrogen-bond acceptors (Lipinski definition) is 4. The maximum atomic E-state index is 12.6. The molecule has 10 heteroatoms. The van der Waals surface area contributed by atoms with Crippen LogP contribution in [0.4, 0.5) is 13.2 Å². The molecule has 0 aliphatic carbocycles. The van der Waals surface area contributed by atoms with Crippen molar-refractivity contribution in [3.8, 4) is 11.5 Å². The smallest absolute Gasteiger partial charge is 0.416 e. The Morgan fingerprint density at radius 2 is 1.85 bits per heavy atom. The van der Waals surface area contributed by atoms with Gasteiger partial charge < -0.3 is 15.8 Å². The van der Waals surface area contributed by atoms with Crippen LogP contribution in [0.1, 0.15) is 29.4 Å². The van der Waals surface area contributed by atoms with Crippen molar-refractivity contribution in [2.75, 3.05) is 0 Å². The van der Waals surface area contributed by atoms with Gasteiger partial charge in [-0.15, -0.1) is 0 Å². The highest BCUT2D eigenvalue weighted by Crippen LogP contribution is 2.32. The molecule has 6 nitrogen and oxygen atoms in total. The van der Waals surface area contributed by atoms with E-state index in [0.29, 0.717) is 6.42 Å². The number of hydrogen-bond donors (Lipinski definition) is 2. The summed E-state index contributed by atoms with van der Waals surface area (Å²) in [6, 6.07) is 6.10. The van der Waals surface area contributed by atoms with Crippen molar-refractivity contribution in [2.45, 2.75) is 25.6 Å². The molecular formula is C17H15BrF3N3O3. The summed E-state index contributed by atoms with van der Waals surface area (Å²) in [4.78, 5) is 27.3. The minimum Gasteiger partial charge on any atom is -0.455 e. The van der Waals surface area contributed by atoms with Gasteiger partial charge in [0.2, 0.25) is 5.91 Å². The van der Waals surface area contributed by atoms with Gasteiger partial charge in [0.25, 0.3) is 5.91 Å². The molecule has 144 valence electrons. The molecule has 1 atom stereocenters. The number of alkyl halides is 3. The van der Waals surface area contributed by atoms with E-state index >= 15 is 0 Å². The first-order chi connectivity index (χ1) is 12.6. The topological polar surface area (TPSA) is 94.3 Å². The summed E-state index contributed by atoms with van der Waals surface area (Å²) in [5, 5.41) is 2.45. The van der Waals surface area contributed by atoms with E-state index in [1.54, 1.807) is 6.92 Å². The van der Waals surface area contributed by atoms with Crippen molar-refractivity contribution in [2.24, 2.45) is 5.73 Å². The quantitative estimate of drug-likeness (QED) is 0.663. The van der Waals surface area contributed by atoms with Crippen molar-refractivity contribution in [1.29, 1.82) is 0 Å². The van der Waals surface area contributed by atoms with Crippen molar-refractivity contribution >= 4 is 27.7 Å². The SMILES string of the molecule is CC[C@@H](NC(=O)c1ccc(Oc2ccc(C(F)(F)F)cc2)c(Br)n1)C(N)=O. The Hall–Kier alpha value is -2.62. The lowest BCUT2D eigenvalue weighted by atomic mass is 10.2. The highest BCUT2D eigenvalue weighted by atomic mass is 79.9. The number of carbonyl (C=O) groups excluding carboxylic acids is 2. The zero-order chi connectivity index (χ0) is 20.2. The number of pyridine rings is 1. The van der Waals surface area contributed by atoms with E-state index in [1.165, 1.54) is 24.3 Å². The number of halogens is 4. The Kier molecular flexibility index (Phi) is 6.42. The van der Waals surface area contributed by atoms with Crippen LogP contribution in [0.15, 0.2) is 41.0 Å². The molecule has 1 heterocycles. The van der Waals surface area contributed by atoms with Crippen molar-refractivity contribution in [3.05, 3.63) is 52.3 Å². The fraction of sp³-hybridized carbons (Fsp3) is 0.235. The van der Waals surface area contributed by atoms with E-state index in [-0.39, 0.29) is 21.8 Å². The van der Waals surface area contributed by atoms with Crippen molar-refractivity contribution in [3.63, 3.8) is 0 Å². The zero-order valence-corrected chi connectivity index (χ0v) is 15.6. The molecule has 2 amide bonds. The van der Waals surface area contributed by atoms with E-state index < -0.39 is 29.6 Å². The maximum Gasteiger partial charge on any atom is 0.416 e. The van der Waals surface area contributed by atoms with E-state index in [9.17, 15) is 22.8 Å². The Bertz CT molecular complexity index is 842. The first-order valence-electron chi connectivity index (χ1n) is 7.73. The van der Waals surface area contributed by atoms with Gasteiger partial charge in [0.15, 0.2) is 5.75 Å². The van der Waals surface area contributed by atoms with Gasteiger partial charge in [-0.1, -0.05) is 6.92 Å². The van der Waals surface area contributed by atoms with Gasteiger partial charge >= 0.3 is 6.18 Å². The van der Waals surface area contributed by atoms with Crippen LogP contribution in [-0.2, 0) is 11.0 Å². The molecule has 0 fully saturated rings. The third kappa shape index (κ3) is 5.43. The summed E-state index contributed by atoms with van der Waals surface area (Å²) < 4.78 is 43.4. The van der Waals surface area contributed by atoms with Gasteiger partial charge in [0.1, 0.15) is 22.1 Å². The normalized spacial score (nSPS) is 12.3. The molecule has 0 radical (unpaired) electrons. The zero-order valence-electron chi connectivity index (χ0n) is 14.0. The lowest BCUT2D eigenvalue weighted by Gasteiger charge is -2.13. The molecule has 3 N–H and O–H groups in total. The highest BCUT2D eigenvalue weighted by molar-refractivity contribution is 9.10. The molecule has 27 heavy (non-hydrogen) atoms. The van der Waals surface area contributed by atoms with Gasteiger partial charge in [-0.3, -0.25) is 9.59 Å². The summed E-state index contributed by atoms with van der Waals surface area (Å²) in [7, 11) is 0.